The molecule has 6 heteroatoms. The Hall–Kier alpha value is -0.944. The Bertz CT molecular complexity index is 609. The molecule has 0 saturated carbocycles. The van der Waals surface area contributed by atoms with Crippen molar-refractivity contribution in [3.05, 3.63) is 72.8 Å². The maximum Gasteiger partial charge on any atom is 0.484 e. The Balaban J connectivity index is 0.000000336. The third-order valence-electron chi connectivity index (χ3n) is 3.37. The first-order chi connectivity index (χ1) is 13.7. The van der Waals surface area contributed by atoms with Crippen molar-refractivity contribution in [2.45, 2.75) is 20.8 Å². The van der Waals surface area contributed by atoms with E-state index >= 15 is 0 Å². The van der Waals surface area contributed by atoms with Crippen LogP contribution >= 0.6 is 0 Å². The molecule has 0 aliphatic rings. The second-order valence-corrected chi connectivity index (χ2v) is 13.3. The molecule has 0 heterocycles. The molecule has 152 valence electrons. The van der Waals surface area contributed by atoms with E-state index in [4.69, 9.17) is 13.3 Å². The van der Waals surface area contributed by atoms with Crippen molar-refractivity contribution in [1.29, 1.82) is 0 Å². The molecule has 0 bridgehead atoms. The van der Waals surface area contributed by atoms with Crippen LogP contribution in [0.15, 0.2) is 61.7 Å². The molecule has 3 nitrogen and oxygen atoms in total. The summed E-state index contributed by atoms with van der Waals surface area (Å²) in [5.41, 5.74) is 2.38. The standard InChI is InChI=1S/C16H14Se2.C6H16O3Si/c1-3-13-5-9-15(10-6-13)17-18-16-11-7-14(4-2)8-12-16;1-4-7-10(8-5-2)9-6-3/h3-12H,1-2H2;10H,4-6H2,1-3H3. The zero-order valence-corrected chi connectivity index (χ0v) is 21.5. The summed E-state index contributed by atoms with van der Waals surface area (Å²) in [6.07, 6.45) is 3.77. The largest absolute Gasteiger partial charge is 0.484 e. The third kappa shape index (κ3) is 10.6. The molecule has 0 unspecified atom stereocenters. The van der Waals surface area contributed by atoms with E-state index in [1.54, 1.807) is 0 Å². The van der Waals surface area contributed by atoms with Crippen LogP contribution in [-0.2, 0) is 13.3 Å². The molecule has 2 rings (SSSR count). The van der Waals surface area contributed by atoms with E-state index in [0.717, 1.165) is 0 Å². The van der Waals surface area contributed by atoms with Gasteiger partial charge in [0.15, 0.2) is 0 Å². The van der Waals surface area contributed by atoms with E-state index in [-0.39, 0.29) is 0 Å². The molecule has 0 fully saturated rings. The van der Waals surface area contributed by atoms with Gasteiger partial charge in [-0.1, -0.05) is 0 Å². The van der Waals surface area contributed by atoms with E-state index in [0.29, 0.717) is 46.1 Å². The van der Waals surface area contributed by atoms with Gasteiger partial charge in [0.1, 0.15) is 0 Å². The van der Waals surface area contributed by atoms with Crippen LogP contribution in [0.4, 0.5) is 0 Å². The minimum absolute atomic E-state index is 0.558. The average molecular weight is 528 g/mol. The number of hydrogen-bond acceptors (Lipinski definition) is 3. The zero-order valence-electron chi connectivity index (χ0n) is 16.9. The predicted octanol–water partition coefficient (Wildman–Crippen LogP) is 3.06. The van der Waals surface area contributed by atoms with Gasteiger partial charge in [-0.15, -0.1) is 0 Å². The summed E-state index contributed by atoms with van der Waals surface area (Å²) in [6, 6.07) is 17.4. The van der Waals surface area contributed by atoms with Gasteiger partial charge in [-0.05, 0) is 20.8 Å². The van der Waals surface area contributed by atoms with Crippen molar-refractivity contribution in [2.24, 2.45) is 0 Å². The molecular formula is C22H30O3Se2Si. The molecule has 28 heavy (non-hydrogen) atoms. The summed E-state index contributed by atoms with van der Waals surface area (Å²) >= 11 is 1.12. The van der Waals surface area contributed by atoms with E-state index in [1.165, 1.54) is 20.1 Å². The molecule has 0 radical (unpaired) electrons. The molecule has 0 amide bonds. The number of benzene rings is 2. The second-order valence-electron chi connectivity index (χ2n) is 5.37. The quantitative estimate of drug-likeness (QED) is 0.420. The van der Waals surface area contributed by atoms with Crippen molar-refractivity contribution in [1.82, 2.24) is 0 Å². The van der Waals surface area contributed by atoms with Gasteiger partial charge in [-0.3, -0.25) is 0 Å². The second kappa shape index (κ2) is 15.9. The van der Waals surface area contributed by atoms with Crippen molar-refractivity contribution in [3.63, 3.8) is 0 Å². The maximum absolute atomic E-state index is 5.22. The molecular weight excluding hydrogens is 498 g/mol. The first kappa shape index (κ1) is 25.1. The van der Waals surface area contributed by atoms with Gasteiger partial charge in [0.05, 0.1) is 0 Å². The maximum atomic E-state index is 5.22. The Kier molecular flexibility index (Phi) is 14.3. The summed E-state index contributed by atoms with van der Waals surface area (Å²) in [6.45, 7) is 15.4. The molecule has 2 aromatic rings. The number of rotatable bonds is 11. The van der Waals surface area contributed by atoms with Crippen LogP contribution in [0.25, 0.3) is 12.2 Å². The monoisotopic (exact) mass is 530 g/mol. The fourth-order valence-electron chi connectivity index (χ4n) is 1.97. The van der Waals surface area contributed by atoms with E-state index in [1.807, 2.05) is 32.9 Å². The molecule has 2 aromatic carbocycles. The first-order valence-electron chi connectivity index (χ1n) is 9.31. The van der Waals surface area contributed by atoms with Crippen LogP contribution in [0, 0.1) is 0 Å². The van der Waals surface area contributed by atoms with Crippen LogP contribution < -0.4 is 8.92 Å². The summed E-state index contributed by atoms with van der Waals surface area (Å²) in [4.78, 5) is 0. The van der Waals surface area contributed by atoms with Crippen LogP contribution in [-0.4, -0.2) is 55.6 Å². The Morgan fingerprint density at radius 3 is 1.25 bits per heavy atom. The number of hydrogen-bond donors (Lipinski definition) is 0. The van der Waals surface area contributed by atoms with E-state index in [9.17, 15) is 0 Å². The van der Waals surface area contributed by atoms with Gasteiger partial charge in [0.25, 0.3) is 0 Å². The van der Waals surface area contributed by atoms with Crippen molar-refractivity contribution in [3.8, 4) is 0 Å². The summed E-state index contributed by atoms with van der Waals surface area (Å²) in [5.74, 6) is 0. The van der Waals surface area contributed by atoms with E-state index < -0.39 is 9.53 Å². The Morgan fingerprint density at radius 1 is 0.679 bits per heavy atom. The minimum atomic E-state index is -1.73. The van der Waals surface area contributed by atoms with Gasteiger partial charge in [0, 0.05) is 19.8 Å². The van der Waals surface area contributed by atoms with Crippen LogP contribution in [0.5, 0.6) is 0 Å². The fourth-order valence-corrected chi connectivity index (χ4v) is 9.03. The molecule has 0 saturated heterocycles. The topological polar surface area (TPSA) is 27.7 Å². The average Bonchev–Trinajstić information content (AvgIpc) is 2.74. The van der Waals surface area contributed by atoms with Crippen LogP contribution in [0.1, 0.15) is 31.9 Å². The summed E-state index contributed by atoms with van der Waals surface area (Å²) < 4.78 is 18.6. The van der Waals surface area contributed by atoms with Gasteiger partial charge in [0.2, 0.25) is 0 Å². The molecule has 0 aromatic heterocycles. The van der Waals surface area contributed by atoms with Gasteiger partial charge >= 0.3 is 130 Å². The predicted molar refractivity (Wildman–Crippen MR) is 126 cm³/mol. The van der Waals surface area contributed by atoms with Crippen molar-refractivity contribution in [2.75, 3.05) is 19.8 Å². The summed E-state index contributed by atoms with van der Waals surface area (Å²) in [5, 5.41) is 0. The van der Waals surface area contributed by atoms with E-state index in [2.05, 4.69) is 61.7 Å². The molecule has 0 aliphatic carbocycles. The van der Waals surface area contributed by atoms with Gasteiger partial charge in [-0.2, -0.15) is 0 Å². The molecule has 0 spiro atoms. The minimum Gasteiger partial charge on any atom is -0.376 e. The van der Waals surface area contributed by atoms with Crippen LogP contribution in [0.2, 0.25) is 0 Å². The van der Waals surface area contributed by atoms with Gasteiger partial charge in [-0.25, -0.2) is 0 Å². The summed E-state index contributed by atoms with van der Waals surface area (Å²) in [7, 11) is -1.73. The smallest absolute Gasteiger partial charge is 0.376 e. The SMILES string of the molecule is C=Cc1ccc([Se][Se]c2ccc(C=C)cc2)cc1.CCO[SiH](OCC)OCC. The Labute approximate surface area is 183 Å². The van der Waals surface area contributed by atoms with Crippen molar-refractivity contribution < 1.29 is 13.3 Å². The normalized spacial score (nSPS) is 10.3. The molecule has 0 aliphatic heterocycles. The first-order valence-corrected chi connectivity index (χ1v) is 16.8. The van der Waals surface area contributed by atoms with Crippen molar-refractivity contribution >= 4 is 56.9 Å². The Morgan fingerprint density at radius 2 is 1.00 bits per heavy atom. The van der Waals surface area contributed by atoms with Gasteiger partial charge < -0.3 is 13.3 Å². The third-order valence-corrected chi connectivity index (χ3v) is 12.4. The molecule has 0 N–H and O–H groups in total. The zero-order chi connectivity index (χ0) is 20.6. The fraction of sp³-hybridized carbons (Fsp3) is 0.273. The van der Waals surface area contributed by atoms with Crippen LogP contribution in [0.3, 0.4) is 0 Å². The molecule has 0 atom stereocenters.